The number of hydrazone groups is 1. The number of fused-ring (bicyclic) bond motifs is 1. The van der Waals surface area contributed by atoms with Crippen molar-refractivity contribution in [3.05, 3.63) is 54.3 Å². The third kappa shape index (κ3) is 2.38. The number of benzene rings is 1. The van der Waals surface area contributed by atoms with Crippen LogP contribution in [0.15, 0.2) is 59.4 Å². The van der Waals surface area contributed by atoms with E-state index >= 15 is 0 Å². The van der Waals surface area contributed by atoms with Gasteiger partial charge in [-0.1, -0.05) is 42.5 Å². The van der Waals surface area contributed by atoms with Gasteiger partial charge in [0.2, 0.25) is 0 Å². The van der Waals surface area contributed by atoms with E-state index < -0.39 is 0 Å². The molecule has 3 rings (SSSR count). The van der Waals surface area contributed by atoms with E-state index in [2.05, 4.69) is 32.9 Å². The van der Waals surface area contributed by atoms with E-state index in [4.69, 9.17) is 0 Å². The fourth-order valence-corrected chi connectivity index (χ4v) is 2.03. The monoisotopic (exact) mass is 250 g/mol. The van der Waals surface area contributed by atoms with Gasteiger partial charge in [-0.05, 0) is 18.9 Å². The summed E-state index contributed by atoms with van der Waals surface area (Å²) in [6.45, 7) is 1.99. The Morgan fingerprint density at radius 2 is 2.21 bits per heavy atom. The predicted molar refractivity (Wildman–Crippen MR) is 78.1 cm³/mol. The van der Waals surface area contributed by atoms with Crippen LogP contribution < -0.4 is 5.43 Å². The van der Waals surface area contributed by atoms with Gasteiger partial charge in [0.25, 0.3) is 0 Å². The Kier molecular flexibility index (Phi) is 3.06. The van der Waals surface area contributed by atoms with Gasteiger partial charge in [0.1, 0.15) is 0 Å². The van der Waals surface area contributed by atoms with Crippen LogP contribution >= 0.6 is 0 Å². The van der Waals surface area contributed by atoms with Crippen molar-refractivity contribution in [1.29, 1.82) is 0 Å². The molecule has 0 fully saturated rings. The van der Waals surface area contributed by atoms with Crippen molar-refractivity contribution < 1.29 is 0 Å². The molecule has 1 N–H and O–H groups in total. The van der Waals surface area contributed by atoms with Crippen LogP contribution in [0.25, 0.3) is 10.8 Å². The molecule has 1 aromatic carbocycles. The van der Waals surface area contributed by atoms with E-state index in [-0.39, 0.29) is 0 Å². The van der Waals surface area contributed by atoms with Crippen molar-refractivity contribution >= 4 is 22.3 Å². The predicted octanol–water partition coefficient (Wildman–Crippen LogP) is 3.30. The molecule has 4 nitrogen and oxygen atoms in total. The van der Waals surface area contributed by atoms with Crippen LogP contribution in [0.1, 0.15) is 13.3 Å². The second-order valence-corrected chi connectivity index (χ2v) is 4.41. The lowest BCUT2D eigenvalue weighted by Gasteiger charge is -2.05. The van der Waals surface area contributed by atoms with Crippen LogP contribution in [0.3, 0.4) is 0 Å². The Hall–Kier alpha value is -2.49. The molecule has 19 heavy (non-hydrogen) atoms. The zero-order chi connectivity index (χ0) is 13.1. The van der Waals surface area contributed by atoms with Crippen LogP contribution in [0.2, 0.25) is 0 Å². The molecule has 2 aromatic rings. The minimum atomic E-state index is 0.684. The number of anilines is 1. The first-order valence-corrected chi connectivity index (χ1v) is 6.21. The minimum Gasteiger partial charge on any atom is -0.259 e. The number of nitrogens with zero attached hydrogens (tertiary/aromatic N) is 3. The summed E-state index contributed by atoms with van der Waals surface area (Å²) in [4.78, 5) is 0. The van der Waals surface area contributed by atoms with Gasteiger partial charge in [-0.25, -0.2) is 0 Å². The molecule has 0 atom stereocenters. The molecule has 1 heterocycles. The third-order valence-electron chi connectivity index (χ3n) is 3.14. The Morgan fingerprint density at radius 3 is 3.05 bits per heavy atom. The summed E-state index contributed by atoms with van der Waals surface area (Å²) in [5.41, 5.74) is 5.20. The molecule has 0 unspecified atom stereocenters. The van der Waals surface area contributed by atoms with Crippen molar-refractivity contribution in [3.8, 4) is 0 Å². The van der Waals surface area contributed by atoms with Crippen LogP contribution in [0.4, 0.5) is 5.82 Å². The Morgan fingerprint density at radius 1 is 1.32 bits per heavy atom. The number of allylic oxidation sites excluding steroid dienone is 4. The molecular weight excluding hydrogens is 236 g/mol. The summed E-state index contributed by atoms with van der Waals surface area (Å²) in [7, 11) is 0. The maximum Gasteiger partial charge on any atom is 0.176 e. The van der Waals surface area contributed by atoms with Crippen molar-refractivity contribution in [3.63, 3.8) is 0 Å². The molecule has 0 amide bonds. The fraction of sp³-hybridized carbons (Fsp3) is 0.133. The Labute approximate surface area is 111 Å². The molecule has 0 saturated carbocycles. The number of nitrogens with one attached hydrogen (secondary N) is 1. The first kappa shape index (κ1) is 11.6. The summed E-state index contributed by atoms with van der Waals surface area (Å²) in [6, 6.07) is 7.98. The fourth-order valence-electron chi connectivity index (χ4n) is 2.03. The van der Waals surface area contributed by atoms with Gasteiger partial charge in [-0.2, -0.15) is 10.2 Å². The van der Waals surface area contributed by atoms with Crippen molar-refractivity contribution in [1.82, 2.24) is 10.2 Å². The molecular formula is C15H14N4. The highest BCUT2D eigenvalue weighted by molar-refractivity contribution is 6.00. The van der Waals surface area contributed by atoms with E-state index in [0.717, 1.165) is 22.9 Å². The first-order chi connectivity index (χ1) is 9.34. The van der Waals surface area contributed by atoms with Crippen molar-refractivity contribution in [2.45, 2.75) is 13.3 Å². The SMILES string of the molecule is C/C(=N\Nc1nncc2ccccc12)C1=CC=CC1. The van der Waals surface area contributed by atoms with E-state index in [1.807, 2.05) is 37.3 Å². The highest BCUT2D eigenvalue weighted by atomic mass is 15.3. The first-order valence-electron chi connectivity index (χ1n) is 6.21. The highest BCUT2D eigenvalue weighted by Gasteiger charge is 2.05. The average Bonchev–Trinajstić information content (AvgIpc) is 2.99. The molecule has 94 valence electrons. The van der Waals surface area contributed by atoms with E-state index in [1.54, 1.807) is 6.20 Å². The van der Waals surface area contributed by atoms with E-state index in [1.165, 1.54) is 5.57 Å². The molecule has 0 spiro atoms. The van der Waals surface area contributed by atoms with E-state index in [9.17, 15) is 0 Å². The largest absolute Gasteiger partial charge is 0.259 e. The van der Waals surface area contributed by atoms with Crippen molar-refractivity contribution in [2.24, 2.45) is 5.10 Å². The lowest BCUT2D eigenvalue weighted by Crippen LogP contribution is -2.02. The second kappa shape index (κ2) is 5.02. The lowest BCUT2D eigenvalue weighted by molar-refractivity contribution is 1.04. The minimum absolute atomic E-state index is 0.684. The zero-order valence-corrected chi connectivity index (χ0v) is 10.7. The number of aromatic nitrogens is 2. The lowest BCUT2D eigenvalue weighted by atomic mass is 10.1. The standard InChI is InChI=1S/C15H14N4/c1-11(12-6-2-3-7-12)17-19-15-14-9-5-4-8-13(14)10-16-18-15/h2-6,8-10H,7H2,1H3,(H,18,19)/b17-11+. The molecule has 1 aliphatic carbocycles. The normalized spacial score (nSPS) is 14.8. The summed E-state index contributed by atoms with van der Waals surface area (Å²) in [5, 5.41) is 14.5. The van der Waals surface area contributed by atoms with Crippen LogP contribution in [0.5, 0.6) is 0 Å². The van der Waals surface area contributed by atoms with Crippen molar-refractivity contribution in [2.75, 3.05) is 5.43 Å². The van der Waals surface area contributed by atoms with Gasteiger partial charge >= 0.3 is 0 Å². The smallest absolute Gasteiger partial charge is 0.176 e. The molecule has 4 heteroatoms. The third-order valence-corrected chi connectivity index (χ3v) is 3.14. The molecule has 0 radical (unpaired) electrons. The number of rotatable bonds is 3. The van der Waals surface area contributed by atoms with Gasteiger partial charge < -0.3 is 0 Å². The van der Waals surface area contributed by atoms with Gasteiger partial charge in [0, 0.05) is 10.8 Å². The molecule has 0 bridgehead atoms. The average molecular weight is 250 g/mol. The number of hydrogen-bond acceptors (Lipinski definition) is 4. The second-order valence-electron chi connectivity index (χ2n) is 4.41. The molecule has 1 aliphatic rings. The summed E-state index contributed by atoms with van der Waals surface area (Å²) in [6.07, 6.45) is 8.94. The van der Waals surface area contributed by atoms with Gasteiger partial charge in [0.05, 0.1) is 11.9 Å². The Balaban J connectivity index is 1.88. The zero-order valence-electron chi connectivity index (χ0n) is 10.7. The van der Waals surface area contributed by atoms with E-state index in [0.29, 0.717) is 5.82 Å². The summed E-state index contributed by atoms with van der Waals surface area (Å²) in [5.74, 6) is 0.684. The highest BCUT2D eigenvalue weighted by Crippen LogP contribution is 2.19. The van der Waals surface area contributed by atoms with Crippen LogP contribution in [-0.2, 0) is 0 Å². The van der Waals surface area contributed by atoms with Gasteiger partial charge in [-0.3, -0.25) is 5.43 Å². The Bertz CT molecular complexity index is 693. The molecule has 1 aromatic heterocycles. The maximum atomic E-state index is 4.38. The molecule has 0 aliphatic heterocycles. The van der Waals surface area contributed by atoms with Crippen LogP contribution in [-0.4, -0.2) is 15.9 Å². The number of hydrogen-bond donors (Lipinski definition) is 1. The molecule has 0 saturated heterocycles. The van der Waals surface area contributed by atoms with Gasteiger partial charge in [-0.15, -0.1) is 5.10 Å². The van der Waals surface area contributed by atoms with Gasteiger partial charge in [0.15, 0.2) is 5.82 Å². The summed E-state index contributed by atoms with van der Waals surface area (Å²) >= 11 is 0. The topological polar surface area (TPSA) is 50.2 Å². The van der Waals surface area contributed by atoms with Crippen LogP contribution in [0, 0.1) is 0 Å². The maximum absolute atomic E-state index is 4.38. The quantitative estimate of drug-likeness (QED) is 0.671. The summed E-state index contributed by atoms with van der Waals surface area (Å²) < 4.78 is 0.